The predicted octanol–water partition coefficient (Wildman–Crippen LogP) is 2.14. The van der Waals surface area contributed by atoms with Gasteiger partial charge >= 0.3 is 0 Å². The molecule has 0 unspecified atom stereocenters. The Morgan fingerprint density at radius 3 is 2.79 bits per heavy atom. The van der Waals surface area contributed by atoms with Crippen LogP contribution >= 0.6 is 0 Å². The Balaban J connectivity index is 0.000000617. The van der Waals surface area contributed by atoms with Crippen LogP contribution < -0.4 is 5.32 Å². The molecule has 0 saturated heterocycles. The van der Waals surface area contributed by atoms with E-state index in [2.05, 4.69) is 10.3 Å². The van der Waals surface area contributed by atoms with Gasteiger partial charge in [0, 0.05) is 33.6 Å². The molecule has 0 saturated carbocycles. The lowest BCUT2D eigenvalue weighted by Crippen LogP contribution is -2.22. The third kappa shape index (κ3) is 2.23. The van der Waals surface area contributed by atoms with Crippen LogP contribution in [0.25, 0.3) is 0 Å². The molecular weight excluding hydrogens is 176 g/mol. The van der Waals surface area contributed by atoms with Gasteiger partial charge in [0.2, 0.25) is 0 Å². The van der Waals surface area contributed by atoms with Crippen LogP contribution in [0.15, 0.2) is 6.07 Å². The number of aromatic amines is 1. The van der Waals surface area contributed by atoms with Crippen molar-refractivity contribution >= 4 is 5.78 Å². The van der Waals surface area contributed by atoms with Crippen molar-refractivity contribution in [2.24, 2.45) is 0 Å². The van der Waals surface area contributed by atoms with E-state index in [4.69, 9.17) is 0 Å². The molecule has 14 heavy (non-hydrogen) atoms. The maximum atomic E-state index is 11.0. The third-order valence-corrected chi connectivity index (χ3v) is 2.24. The van der Waals surface area contributed by atoms with E-state index < -0.39 is 0 Å². The van der Waals surface area contributed by atoms with Gasteiger partial charge < -0.3 is 10.3 Å². The molecule has 2 heterocycles. The van der Waals surface area contributed by atoms with Crippen LogP contribution in [0.4, 0.5) is 0 Å². The highest BCUT2D eigenvalue weighted by Gasteiger charge is 2.13. The first-order chi connectivity index (χ1) is 6.77. The third-order valence-electron chi connectivity index (χ3n) is 2.24. The zero-order valence-corrected chi connectivity index (χ0v) is 9.11. The molecule has 80 valence electrons. The van der Waals surface area contributed by atoms with Crippen LogP contribution in [-0.2, 0) is 13.0 Å². The van der Waals surface area contributed by atoms with Crippen molar-refractivity contribution in [2.45, 2.75) is 33.7 Å². The van der Waals surface area contributed by atoms with Crippen molar-refractivity contribution in [2.75, 3.05) is 6.54 Å². The predicted molar refractivity (Wildman–Crippen MR) is 59.7 cm³/mol. The Labute approximate surface area is 86.4 Å². The van der Waals surface area contributed by atoms with Crippen molar-refractivity contribution in [1.82, 2.24) is 10.3 Å². The first kappa shape index (κ1) is 11.0. The largest absolute Gasteiger partial charge is 0.356 e. The van der Waals surface area contributed by atoms with Crippen molar-refractivity contribution in [1.29, 1.82) is 0 Å². The quantitative estimate of drug-likeness (QED) is 0.676. The fraction of sp³-hybridized carbons (Fsp3) is 0.545. The summed E-state index contributed by atoms with van der Waals surface area (Å²) in [6.45, 7) is 7.48. The molecule has 1 aliphatic rings. The number of Topliss-reactive ketones (excluding diaryl/α,β-unsaturated/α-hetero) is 1. The van der Waals surface area contributed by atoms with Crippen LogP contribution in [-0.4, -0.2) is 17.3 Å². The lowest BCUT2D eigenvalue weighted by molar-refractivity contribution is 0.101. The topological polar surface area (TPSA) is 44.9 Å². The minimum Gasteiger partial charge on any atom is -0.356 e. The zero-order valence-electron chi connectivity index (χ0n) is 9.11. The number of hydrogen-bond donors (Lipinski definition) is 2. The lowest BCUT2D eigenvalue weighted by atomic mass is 10.1. The number of H-pyrrole nitrogens is 1. The van der Waals surface area contributed by atoms with Gasteiger partial charge in [-0.2, -0.15) is 0 Å². The summed E-state index contributed by atoms with van der Waals surface area (Å²) in [5.41, 5.74) is 3.20. The number of carbonyl (C=O) groups is 1. The summed E-state index contributed by atoms with van der Waals surface area (Å²) >= 11 is 0. The number of rotatable bonds is 1. The van der Waals surface area contributed by atoms with Gasteiger partial charge in [-0.3, -0.25) is 4.79 Å². The van der Waals surface area contributed by atoms with Gasteiger partial charge in [-0.25, -0.2) is 0 Å². The molecule has 3 nitrogen and oxygen atoms in total. The zero-order chi connectivity index (χ0) is 10.6. The van der Waals surface area contributed by atoms with Crippen molar-refractivity contribution in [3.63, 3.8) is 0 Å². The highest BCUT2D eigenvalue weighted by atomic mass is 16.1. The molecule has 0 radical (unpaired) electrons. The second kappa shape index (κ2) is 4.96. The number of aromatic nitrogens is 1. The Hall–Kier alpha value is -1.09. The first-order valence-electron chi connectivity index (χ1n) is 5.20. The minimum absolute atomic E-state index is 0. The molecule has 0 aromatic carbocycles. The minimum atomic E-state index is 0. The molecule has 0 atom stereocenters. The highest BCUT2D eigenvalue weighted by molar-refractivity contribution is 5.92. The molecule has 2 rings (SSSR count). The van der Waals surface area contributed by atoms with Crippen LogP contribution in [0.1, 0.15) is 43.9 Å². The number of nitrogens with one attached hydrogen (secondary N) is 2. The number of ketones is 1. The van der Waals surface area contributed by atoms with E-state index >= 15 is 0 Å². The van der Waals surface area contributed by atoms with Crippen molar-refractivity contribution in [3.05, 3.63) is 23.0 Å². The fourth-order valence-electron chi connectivity index (χ4n) is 1.55. The number of carbonyl (C=O) groups excluding carboxylic acids is 1. The van der Waals surface area contributed by atoms with Crippen LogP contribution in [0.5, 0.6) is 0 Å². The maximum absolute atomic E-state index is 11.0. The van der Waals surface area contributed by atoms with E-state index in [1.54, 1.807) is 6.92 Å². The summed E-state index contributed by atoms with van der Waals surface area (Å²) in [6.07, 6.45) is 1.00. The van der Waals surface area contributed by atoms with Gasteiger partial charge in [-0.1, -0.05) is 13.8 Å². The Morgan fingerprint density at radius 1 is 1.50 bits per heavy atom. The average Bonchev–Trinajstić information content (AvgIpc) is 2.64. The SMILES string of the molecule is CC.CC(=O)c1cc2c([nH]1)CCNC2.[HH]. The Bertz CT molecular complexity index is 297. The Morgan fingerprint density at radius 2 is 2.21 bits per heavy atom. The van der Waals surface area contributed by atoms with E-state index in [1.807, 2.05) is 19.9 Å². The van der Waals surface area contributed by atoms with Crippen molar-refractivity contribution < 1.29 is 6.22 Å². The molecule has 0 bridgehead atoms. The van der Waals surface area contributed by atoms with E-state index in [0.717, 1.165) is 25.2 Å². The van der Waals surface area contributed by atoms with E-state index in [0.29, 0.717) is 0 Å². The molecular formula is C11H20N2O. The van der Waals surface area contributed by atoms with Crippen LogP contribution in [0, 0.1) is 0 Å². The van der Waals surface area contributed by atoms with Crippen LogP contribution in [0.3, 0.4) is 0 Å². The molecule has 0 amide bonds. The molecule has 1 aromatic heterocycles. The second-order valence-electron chi connectivity index (χ2n) is 3.17. The van der Waals surface area contributed by atoms with Crippen molar-refractivity contribution in [3.8, 4) is 0 Å². The number of fused-ring (bicyclic) bond motifs is 1. The molecule has 1 aliphatic heterocycles. The molecule has 0 aliphatic carbocycles. The van der Waals surface area contributed by atoms with E-state index in [9.17, 15) is 4.79 Å². The summed E-state index contributed by atoms with van der Waals surface area (Å²) in [5, 5.41) is 3.26. The molecule has 1 aromatic rings. The molecule has 0 spiro atoms. The standard InChI is InChI=1S/C9H12N2O.C2H6.H2/c1-6(12)9-4-7-5-10-3-2-8(7)11-9;1-2;/h4,10-11H,2-3,5H2,1H3;1-2H3;1H. The van der Waals surface area contributed by atoms with Gasteiger partial charge in [0.1, 0.15) is 0 Å². The maximum Gasteiger partial charge on any atom is 0.175 e. The average molecular weight is 196 g/mol. The Kier molecular flexibility index (Phi) is 3.89. The van der Waals surface area contributed by atoms with Gasteiger partial charge in [-0.15, -0.1) is 0 Å². The summed E-state index contributed by atoms with van der Waals surface area (Å²) in [4.78, 5) is 14.2. The summed E-state index contributed by atoms with van der Waals surface area (Å²) < 4.78 is 0. The summed E-state index contributed by atoms with van der Waals surface area (Å²) in [7, 11) is 0. The normalized spacial score (nSPS) is 13.9. The molecule has 2 N–H and O–H groups in total. The van der Waals surface area contributed by atoms with E-state index in [-0.39, 0.29) is 7.21 Å². The molecule has 3 heteroatoms. The fourth-order valence-corrected chi connectivity index (χ4v) is 1.55. The van der Waals surface area contributed by atoms with Gasteiger partial charge in [0.05, 0.1) is 5.69 Å². The van der Waals surface area contributed by atoms with Crippen LogP contribution in [0.2, 0.25) is 0 Å². The second-order valence-corrected chi connectivity index (χ2v) is 3.17. The summed E-state index contributed by atoms with van der Waals surface area (Å²) in [6, 6.07) is 1.95. The molecule has 0 fully saturated rings. The summed E-state index contributed by atoms with van der Waals surface area (Å²) in [5.74, 6) is 0.115. The number of hydrogen-bond acceptors (Lipinski definition) is 2. The monoisotopic (exact) mass is 196 g/mol. The highest BCUT2D eigenvalue weighted by Crippen LogP contribution is 2.14. The van der Waals surface area contributed by atoms with Gasteiger partial charge in [0.25, 0.3) is 0 Å². The first-order valence-corrected chi connectivity index (χ1v) is 5.20. The van der Waals surface area contributed by atoms with Gasteiger partial charge in [-0.05, 0) is 11.6 Å². The smallest absolute Gasteiger partial charge is 0.175 e. The van der Waals surface area contributed by atoms with E-state index in [1.165, 1.54) is 11.3 Å². The lowest BCUT2D eigenvalue weighted by Gasteiger charge is -2.11. The van der Waals surface area contributed by atoms with Gasteiger partial charge in [0.15, 0.2) is 5.78 Å².